The predicted octanol–water partition coefficient (Wildman–Crippen LogP) is 2.26. The second-order valence-corrected chi connectivity index (χ2v) is 4.58. The zero-order valence-corrected chi connectivity index (χ0v) is 11.6. The monoisotopic (exact) mass is 263 g/mol. The summed E-state index contributed by atoms with van der Waals surface area (Å²) >= 11 is 0. The van der Waals surface area contributed by atoms with Crippen LogP contribution in [0.15, 0.2) is 18.2 Å². The van der Waals surface area contributed by atoms with Gasteiger partial charge in [-0.2, -0.15) is 0 Å². The lowest BCUT2D eigenvalue weighted by Gasteiger charge is -2.20. The molecule has 0 saturated heterocycles. The van der Waals surface area contributed by atoms with E-state index in [0.717, 1.165) is 25.2 Å². The lowest BCUT2D eigenvalue weighted by Crippen LogP contribution is -2.34. The predicted molar refractivity (Wildman–Crippen MR) is 73.7 cm³/mol. The second-order valence-electron chi connectivity index (χ2n) is 4.58. The first-order valence-corrected chi connectivity index (χ1v) is 6.91. The van der Waals surface area contributed by atoms with E-state index in [4.69, 9.17) is 9.47 Å². The molecule has 0 aliphatic carbocycles. The van der Waals surface area contributed by atoms with Crippen molar-refractivity contribution in [2.45, 2.75) is 26.7 Å². The summed E-state index contributed by atoms with van der Waals surface area (Å²) in [5.41, 5.74) is 1.22. The lowest BCUT2D eigenvalue weighted by molar-refractivity contribution is -0.132. The molecule has 0 N–H and O–H groups in total. The lowest BCUT2D eigenvalue weighted by atomic mass is 10.1. The average molecular weight is 263 g/mol. The molecule has 0 fully saturated rings. The average Bonchev–Trinajstić information content (AvgIpc) is 2.46. The van der Waals surface area contributed by atoms with Gasteiger partial charge in [-0.05, 0) is 38.3 Å². The van der Waals surface area contributed by atoms with E-state index in [1.165, 1.54) is 5.56 Å². The highest BCUT2D eigenvalue weighted by atomic mass is 16.5. The van der Waals surface area contributed by atoms with Crippen molar-refractivity contribution in [2.75, 3.05) is 26.3 Å². The molecule has 1 aliphatic rings. The molecule has 1 aliphatic heterocycles. The summed E-state index contributed by atoms with van der Waals surface area (Å²) in [5, 5.41) is 0. The van der Waals surface area contributed by atoms with E-state index in [1.54, 1.807) is 4.90 Å². The molecule has 1 aromatic carbocycles. The Morgan fingerprint density at radius 1 is 1.37 bits per heavy atom. The Bertz CT molecular complexity index is 441. The summed E-state index contributed by atoms with van der Waals surface area (Å²) in [4.78, 5) is 13.6. The normalized spacial score (nSPS) is 13.4. The fourth-order valence-electron chi connectivity index (χ4n) is 2.22. The first kappa shape index (κ1) is 13.7. The Morgan fingerprint density at radius 3 is 2.89 bits per heavy atom. The van der Waals surface area contributed by atoms with E-state index in [2.05, 4.69) is 0 Å². The van der Waals surface area contributed by atoms with Gasteiger partial charge in [-0.1, -0.05) is 6.07 Å². The maximum absolute atomic E-state index is 11.8. The Kier molecular flexibility index (Phi) is 4.66. The van der Waals surface area contributed by atoms with E-state index < -0.39 is 0 Å². The highest BCUT2D eigenvalue weighted by molar-refractivity contribution is 5.77. The molecular formula is C15H21NO3. The zero-order valence-electron chi connectivity index (χ0n) is 11.6. The molecule has 1 amide bonds. The topological polar surface area (TPSA) is 38.8 Å². The van der Waals surface area contributed by atoms with Gasteiger partial charge in [0.25, 0.3) is 5.91 Å². The maximum atomic E-state index is 11.8. The summed E-state index contributed by atoms with van der Waals surface area (Å²) in [6.07, 6.45) is 2.11. The van der Waals surface area contributed by atoms with Crippen molar-refractivity contribution in [3.8, 4) is 11.5 Å². The van der Waals surface area contributed by atoms with E-state index in [1.807, 2.05) is 32.0 Å². The van der Waals surface area contributed by atoms with Crippen molar-refractivity contribution in [3.63, 3.8) is 0 Å². The van der Waals surface area contributed by atoms with Crippen molar-refractivity contribution >= 4 is 5.91 Å². The van der Waals surface area contributed by atoms with E-state index in [-0.39, 0.29) is 12.5 Å². The third-order valence-electron chi connectivity index (χ3n) is 3.37. The van der Waals surface area contributed by atoms with E-state index >= 15 is 0 Å². The smallest absolute Gasteiger partial charge is 0.260 e. The van der Waals surface area contributed by atoms with Crippen LogP contribution in [0.3, 0.4) is 0 Å². The van der Waals surface area contributed by atoms with Crippen LogP contribution >= 0.6 is 0 Å². The van der Waals surface area contributed by atoms with Gasteiger partial charge >= 0.3 is 0 Å². The summed E-state index contributed by atoms with van der Waals surface area (Å²) in [5.74, 6) is 1.60. The number of hydrogen-bond donors (Lipinski definition) is 0. The number of aryl methyl sites for hydroxylation is 1. The van der Waals surface area contributed by atoms with Gasteiger partial charge in [0.2, 0.25) is 0 Å². The summed E-state index contributed by atoms with van der Waals surface area (Å²) in [6.45, 7) is 6.20. The van der Waals surface area contributed by atoms with Gasteiger partial charge in [0.1, 0.15) is 11.5 Å². The number of rotatable bonds is 5. The first-order chi connectivity index (χ1) is 9.24. The number of amides is 1. The van der Waals surface area contributed by atoms with Crippen LogP contribution in [0.25, 0.3) is 0 Å². The largest absolute Gasteiger partial charge is 0.493 e. The maximum Gasteiger partial charge on any atom is 0.260 e. The number of carbonyl (C=O) groups is 1. The Morgan fingerprint density at radius 2 is 2.16 bits per heavy atom. The Labute approximate surface area is 114 Å². The highest BCUT2D eigenvalue weighted by Gasteiger charge is 2.13. The number of likely N-dealkylation sites (N-methyl/N-ethyl adjacent to an activating group) is 1. The molecule has 1 heterocycles. The molecule has 0 bridgehead atoms. The van der Waals surface area contributed by atoms with Crippen LogP contribution in [0.4, 0.5) is 0 Å². The van der Waals surface area contributed by atoms with Gasteiger partial charge < -0.3 is 14.4 Å². The van der Waals surface area contributed by atoms with Gasteiger partial charge in [-0.3, -0.25) is 4.79 Å². The van der Waals surface area contributed by atoms with Gasteiger partial charge in [0, 0.05) is 19.2 Å². The zero-order chi connectivity index (χ0) is 13.7. The molecule has 4 nitrogen and oxygen atoms in total. The Balaban J connectivity index is 1.94. The minimum absolute atomic E-state index is 0.0173. The fraction of sp³-hybridized carbons (Fsp3) is 0.533. The minimum atomic E-state index is 0.0173. The van der Waals surface area contributed by atoms with Crippen molar-refractivity contribution < 1.29 is 14.3 Å². The second kappa shape index (κ2) is 6.45. The van der Waals surface area contributed by atoms with Gasteiger partial charge in [-0.25, -0.2) is 0 Å². The molecule has 0 saturated carbocycles. The first-order valence-electron chi connectivity index (χ1n) is 6.91. The van der Waals surface area contributed by atoms with Crippen LogP contribution in [0, 0.1) is 0 Å². The number of hydrogen-bond acceptors (Lipinski definition) is 3. The van der Waals surface area contributed by atoms with E-state index in [9.17, 15) is 4.79 Å². The van der Waals surface area contributed by atoms with Crippen LogP contribution in [0.5, 0.6) is 11.5 Å². The standard InChI is InChI=1S/C15H21NO3/c1-3-16(4-2)15(17)11-19-13-8-7-12-6-5-9-18-14(12)10-13/h7-8,10H,3-6,9,11H2,1-2H3. The van der Waals surface area contributed by atoms with Gasteiger partial charge in [-0.15, -0.1) is 0 Å². The molecular weight excluding hydrogens is 242 g/mol. The molecule has 0 atom stereocenters. The number of ether oxygens (including phenoxy) is 2. The molecule has 0 radical (unpaired) electrons. The van der Waals surface area contributed by atoms with Crippen LogP contribution < -0.4 is 9.47 Å². The molecule has 0 unspecified atom stereocenters. The van der Waals surface area contributed by atoms with Crippen LogP contribution in [0.1, 0.15) is 25.8 Å². The summed E-state index contributed by atoms with van der Waals surface area (Å²) < 4.78 is 11.1. The molecule has 104 valence electrons. The molecule has 4 heteroatoms. The highest BCUT2D eigenvalue weighted by Crippen LogP contribution is 2.28. The summed E-state index contributed by atoms with van der Waals surface area (Å²) in [7, 11) is 0. The molecule has 1 aromatic rings. The third-order valence-corrected chi connectivity index (χ3v) is 3.37. The van der Waals surface area contributed by atoms with Crippen LogP contribution in [-0.4, -0.2) is 37.1 Å². The summed E-state index contributed by atoms with van der Waals surface area (Å²) in [6, 6.07) is 5.80. The van der Waals surface area contributed by atoms with Gasteiger partial charge in [0.15, 0.2) is 6.61 Å². The Hall–Kier alpha value is -1.71. The van der Waals surface area contributed by atoms with Crippen LogP contribution in [-0.2, 0) is 11.2 Å². The van der Waals surface area contributed by atoms with Crippen molar-refractivity contribution in [2.24, 2.45) is 0 Å². The van der Waals surface area contributed by atoms with Crippen molar-refractivity contribution in [1.29, 1.82) is 0 Å². The van der Waals surface area contributed by atoms with Gasteiger partial charge in [0.05, 0.1) is 6.61 Å². The van der Waals surface area contributed by atoms with Crippen molar-refractivity contribution in [1.82, 2.24) is 4.90 Å². The van der Waals surface area contributed by atoms with E-state index in [0.29, 0.717) is 18.8 Å². The van der Waals surface area contributed by atoms with Crippen molar-refractivity contribution in [3.05, 3.63) is 23.8 Å². The molecule has 0 spiro atoms. The molecule has 0 aromatic heterocycles. The van der Waals surface area contributed by atoms with Crippen LogP contribution in [0.2, 0.25) is 0 Å². The molecule has 2 rings (SSSR count). The number of carbonyl (C=O) groups excluding carboxylic acids is 1. The number of nitrogens with zero attached hydrogens (tertiary/aromatic N) is 1. The quantitative estimate of drug-likeness (QED) is 0.818. The molecule has 19 heavy (non-hydrogen) atoms. The number of fused-ring (bicyclic) bond motifs is 1. The number of benzene rings is 1. The fourth-order valence-corrected chi connectivity index (χ4v) is 2.22. The SMILES string of the molecule is CCN(CC)C(=O)COc1ccc2c(c1)OCCC2. The third kappa shape index (κ3) is 3.40. The minimum Gasteiger partial charge on any atom is -0.493 e.